The number of benzene rings is 1. The normalized spacial score (nSPS) is 27.2. The molecule has 1 N–H and O–H groups in total. The molecular formula is C24H29N3O2. The highest BCUT2D eigenvalue weighted by Gasteiger charge is 2.53. The van der Waals surface area contributed by atoms with Crippen molar-refractivity contribution in [3.63, 3.8) is 0 Å². The zero-order valence-electron chi connectivity index (χ0n) is 16.8. The number of aliphatic carboxylic acids is 1. The van der Waals surface area contributed by atoms with Gasteiger partial charge in [0.25, 0.3) is 0 Å². The number of rotatable bonds is 6. The minimum absolute atomic E-state index is 0.107. The number of hydrogen-bond donors (Lipinski definition) is 1. The van der Waals surface area contributed by atoms with Crippen molar-refractivity contribution >= 4 is 5.97 Å². The van der Waals surface area contributed by atoms with Crippen molar-refractivity contribution in [2.45, 2.75) is 38.3 Å². The third-order valence-corrected chi connectivity index (χ3v) is 7.37. The van der Waals surface area contributed by atoms with Gasteiger partial charge in [-0.15, -0.1) is 0 Å². The fourth-order valence-corrected chi connectivity index (χ4v) is 5.99. The molecule has 29 heavy (non-hydrogen) atoms. The van der Waals surface area contributed by atoms with E-state index in [9.17, 15) is 9.90 Å². The summed E-state index contributed by atoms with van der Waals surface area (Å²) in [5.41, 5.74) is 4.33. The van der Waals surface area contributed by atoms with Crippen LogP contribution in [0.4, 0.5) is 0 Å². The Kier molecular flexibility index (Phi) is 4.88. The number of carbonyl (C=O) groups is 1. The predicted molar refractivity (Wildman–Crippen MR) is 112 cm³/mol. The fraction of sp³-hybridized carbons (Fsp3) is 0.500. The van der Waals surface area contributed by atoms with Crippen LogP contribution >= 0.6 is 0 Å². The first kappa shape index (κ1) is 18.8. The van der Waals surface area contributed by atoms with E-state index < -0.39 is 5.97 Å². The Balaban J connectivity index is 1.30. The van der Waals surface area contributed by atoms with E-state index in [0.29, 0.717) is 12.0 Å². The zero-order chi connectivity index (χ0) is 19.8. The van der Waals surface area contributed by atoms with Gasteiger partial charge >= 0.3 is 5.97 Å². The summed E-state index contributed by atoms with van der Waals surface area (Å²) in [6.45, 7) is 5.10. The molecule has 3 heterocycles. The molecule has 0 saturated carbocycles. The van der Waals surface area contributed by atoms with Gasteiger partial charge in [-0.1, -0.05) is 30.3 Å². The number of fused-ring (bicyclic) bond motifs is 2. The van der Waals surface area contributed by atoms with Gasteiger partial charge in [0.15, 0.2) is 0 Å². The van der Waals surface area contributed by atoms with Crippen LogP contribution in [0.1, 0.15) is 29.5 Å². The molecule has 0 radical (unpaired) electrons. The van der Waals surface area contributed by atoms with Crippen LogP contribution in [0, 0.1) is 11.3 Å². The molecule has 5 nitrogen and oxygen atoms in total. The van der Waals surface area contributed by atoms with Crippen molar-refractivity contribution in [1.82, 2.24) is 14.8 Å². The Morgan fingerprint density at radius 2 is 1.90 bits per heavy atom. The fourth-order valence-electron chi connectivity index (χ4n) is 5.99. The van der Waals surface area contributed by atoms with Crippen LogP contribution in [0.5, 0.6) is 0 Å². The largest absolute Gasteiger partial charge is 0.481 e. The molecule has 1 aliphatic carbocycles. The topological polar surface area (TPSA) is 56.7 Å². The second-order valence-corrected chi connectivity index (χ2v) is 9.24. The van der Waals surface area contributed by atoms with E-state index in [0.717, 1.165) is 52.0 Å². The highest BCUT2D eigenvalue weighted by molar-refractivity contribution is 5.66. The van der Waals surface area contributed by atoms with Crippen LogP contribution in [0.15, 0.2) is 48.8 Å². The van der Waals surface area contributed by atoms with E-state index in [4.69, 9.17) is 0 Å². The maximum Gasteiger partial charge on any atom is 0.303 e. The van der Waals surface area contributed by atoms with Gasteiger partial charge < -0.3 is 5.11 Å². The van der Waals surface area contributed by atoms with E-state index in [2.05, 4.69) is 45.1 Å². The Hall–Kier alpha value is -2.24. The Morgan fingerprint density at radius 1 is 1.10 bits per heavy atom. The van der Waals surface area contributed by atoms with E-state index in [1.165, 1.54) is 16.7 Å². The summed E-state index contributed by atoms with van der Waals surface area (Å²) in [7, 11) is 0. The van der Waals surface area contributed by atoms with Crippen LogP contribution in [0.2, 0.25) is 0 Å². The molecule has 2 atom stereocenters. The van der Waals surface area contributed by atoms with Crippen molar-refractivity contribution in [2.75, 3.05) is 26.2 Å². The van der Waals surface area contributed by atoms with E-state index in [1.54, 1.807) is 0 Å². The van der Waals surface area contributed by atoms with Crippen molar-refractivity contribution in [1.29, 1.82) is 0 Å². The average molecular weight is 392 g/mol. The molecule has 2 aliphatic heterocycles. The summed E-state index contributed by atoms with van der Waals surface area (Å²) in [4.78, 5) is 20.8. The Bertz CT molecular complexity index is 862. The number of likely N-dealkylation sites (tertiary alicyclic amines) is 2. The first-order valence-corrected chi connectivity index (χ1v) is 10.8. The minimum Gasteiger partial charge on any atom is -0.481 e. The number of nitrogens with zero attached hydrogens (tertiary/aromatic N) is 3. The molecule has 5 heteroatoms. The molecule has 5 rings (SSSR count). The molecule has 2 fully saturated rings. The zero-order valence-corrected chi connectivity index (χ0v) is 16.8. The smallest absolute Gasteiger partial charge is 0.303 e. The minimum atomic E-state index is -0.671. The van der Waals surface area contributed by atoms with Crippen LogP contribution in [-0.2, 0) is 24.2 Å². The van der Waals surface area contributed by atoms with Gasteiger partial charge in [0.05, 0.1) is 0 Å². The molecule has 3 aliphatic rings. The molecule has 2 aromatic rings. The van der Waals surface area contributed by atoms with Crippen molar-refractivity contribution < 1.29 is 9.90 Å². The quantitative estimate of drug-likeness (QED) is 0.821. The lowest BCUT2D eigenvalue weighted by atomic mass is 9.77. The van der Waals surface area contributed by atoms with Crippen molar-refractivity contribution in [2.24, 2.45) is 11.3 Å². The maximum atomic E-state index is 11.4. The highest BCUT2D eigenvalue weighted by atomic mass is 16.4. The Labute approximate surface area is 172 Å². The van der Waals surface area contributed by atoms with Gasteiger partial charge in [0.1, 0.15) is 0 Å². The van der Waals surface area contributed by atoms with Crippen LogP contribution in [0.3, 0.4) is 0 Å². The third-order valence-electron chi connectivity index (χ3n) is 7.37. The number of hydrogen-bond acceptors (Lipinski definition) is 4. The first-order chi connectivity index (χ1) is 14.1. The van der Waals surface area contributed by atoms with E-state index in [1.807, 2.05) is 18.5 Å². The van der Waals surface area contributed by atoms with Gasteiger partial charge in [-0.25, -0.2) is 0 Å². The maximum absolute atomic E-state index is 11.4. The average Bonchev–Trinajstić information content (AvgIpc) is 3.37. The van der Waals surface area contributed by atoms with Gasteiger partial charge in [-0.2, -0.15) is 0 Å². The predicted octanol–water partition coefficient (Wildman–Crippen LogP) is 2.85. The molecule has 0 amide bonds. The standard InChI is InChI=1S/C24H29N3O2/c28-23(29)7-8-24-16-26(13-18-4-3-9-25-12-18)14-21(24)15-27(17-24)22-10-19-5-1-2-6-20(19)11-22/h1-6,9,12,21-22H,7-8,10-11,13-17H2,(H,28,29). The second-order valence-electron chi connectivity index (χ2n) is 9.24. The molecule has 1 aromatic carbocycles. The molecule has 2 saturated heterocycles. The van der Waals surface area contributed by atoms with E-state index >= 15 is 0 Å². The molecular weight excluding hydrogens is 362 g/mol. The lowest BCUT2D eigenvalue weighted by Gasteiger charge is -2.31. The third kappa shape index (κ3) is 3.69. The van der Waals surface area contributed by atoms with Gasteiger partial charge in [-0.05, 0) is 47.9 Å². The molecule has 0 spiro atoms. The van der Waals surface area contributed by atoms with E-state index in [-0.39, 0.29) is 11.8 Å². The number of carboxylic acid groups (broad SMARTS) is 1. The summed E-state index contributed by atoms with van der Waals surface area (Å²) in [6, 6.07) is 13.5. The lowest BCUT2D eigenvalue weighted by Crippen LogP contribution is -2.39. The summed E-state index contributed by atoms with van der Waals surface area (Å²) >= 11 is 0. The van der Waals surface area contributed by atoms with Crippen molar-refractivity contribution in [3.05, 3.63) is 65.5 Å². The first-order valence-electron chi connectivity index (χ1n) is 10.8. The molecule has 152 valence electrons. The number of carboxylic acids is 1. The number of pyridine rings is 1. The van der Waals surface area contributed by atoms with Gasteiger partial charge in [0.2, 0.25) is 0 Å². The molecule has 2 unspecified atom stereocenters. The summed E-state index contributed by atoms with van der Waals surface area (Å²) < 4.78 is 0. The Morgan fingerprint density at radius 3 is 2.59 bits per heavy atom. The summed E-state index contributed by atoms with van der Waals surface area (Å²) in [5, 5.41) is 9.35. The van der Waals surface area contributed by atoms with Crippen LogP contribution in [0.25, 0.3) is 0 Å². The van der Waals surface area contributed by atoms with Gasteiger partial charge in [-0.3, -0.25) is 19.6 Å². The van der Waals surface area contributed by atoms with Crippen molar-refractivity contribution in [3.8, 4) is 0 Å². The molecule has 1 aromatic heterocycles. The lowest BCUT2D eigenvalue weighted by molar-refractivity contribution is -0.137. The number of aromatic nitrogens is 1. The monoisotopic (exact) mass is 391 g/mol. The van der Waals surface area contributed by atoms with Crippen LogP contribution < -0.4 is 0 Å². The summed E-state index contributed by atoms with van der Waals surface area (Å²) in [6.07, 6.45) is 7.09. The highest BCUT2D eigenvalue weighted by Crippen LogP contribution is 2.47. The summed E-state index contributed by atoms with van der Waals surface area (Å²) in [5.74, 6) is -0.113. The van der Waals surface area contributed by atoms with Gasteiger partial charge in [0, 0.05) is 63.0 Å². The molecule has 0 bridgehead atoms. The second kappa shape index (κ2) is 7.54. The van der Waals surface area contributed by atoms with Crippen LogP contribution in [-0.4, -0.2) is 58.1 Å². The SMILES string of the molecule is O=C(O)CCC12CN(Cc3cccnc3)CC1CN(C1Cc3ccccc3C1)C2.